The second kappa shape index (κ2) is 6.51. The molecule has 1 aromatic rings. The highest BCUT2D eigenvalue weighted by Gasteiger charge is 2.28. The summed E-state index contributed by atoms with van der Waals surface area (Å²) in [7, 11) is 0. The van der Waals surface area contributed by atoms with Crippen molar-refractivity contribution in [2.24, 2.45) is 11.7 Å². The summed E-state index contributed by atoms with van der Waals surface area (Å²) in [5.41, 5.74) is 6.65. The number of benzene rings is 1. The first-order valence-corrected chi connectivity index (χ1v) is 7.00. The number of nitrogens with two attached hydrogens (primary N) is 1. The molecule has 1 fully saturated rings. The molecule has 0 bridgehead atoms. The number of carbonyl (C=O) groups is 1. The number of hydrogen-bond acceptors (Lipinski definition) is 4. The third-order valence-electron chi connectivity index (χ3n) is 3.58. The van der Waals surface area contributed by atoms with Gasteiger partial charge in [-0.15, -0.1) is 6.42 Å². The van der Waals surface area contributed by atoms with E-state index >= 15 is 0 Å². The van der Waals surface area contributed by atoms with E-state index in [9.17, 15) is 15.0 Å². The number of phenolic OH excluding ortho intramolecular Hbond substituents is 2. The summed E-state index contributed by atoms with van der Waals surface area (Å²) in [5, 5.41) is 18.7. The van der Waals surface area contributed by atoms with E-state index in [-0.39, 0.29) is 24.0 Å². The molecular formula is C16H20N2O3. The van der Waals surface area contributed by atoms with Gasteiger partial charge in [0.15, 0.2) is 11.5 Å². The molecule has 1 aliphatic rings. The molecule has 1 aliphatic carbocycles. The van der Waals surface area contributed by atoms with Gasteiger partial charge in [0.25, 0.3) is 0 Å². The minimum absolute atomic E-state index is 0.174. The van der Waals surface area contributed by atoms with Crippen LogP contribution < -0.4 is 5.73 Å². The second-order valence-corrected chi connectivity index (χ2v) is 5.50. The van der Waals surface area contributed by atoms with Gasteiger partial charge < -0.3 is 20.8 Å². The summed E-state index contributed by atoms with van der Waals surface area (Å²) in [6.45, 7) is 0.932. The molecule has 2 rings (SSSR count). The molecule has 0 radical (unpaired) electrons. The highest BCUT2D eigenvalue weighted by Crippen LogP contribution is 2.30. The molecule has 1 aromatic carbocycles. The van der Waals surface area contributed by atoms with Crippen LogP contribution in [0.25, 0.3) is 0 Å². The Balaban J connectivity index is 1.99. The Morgan fingerprint density at radius 2 is 2.14 bits per heavy atom. The molecule has 5 nitrogen and oxygen atoms in total. The molecule has 21 heavy (non-hydrogen) atoms. The number of aromatic hydroxyl groups is 2. The van der Waals surface area contributed by atoms with E-state index in [0.717, 1.165) is 12.8 Å². The largest absolute Gasteiger partial charge is 0.504 e. The van der Waals surface area contributed by atoms with E-state index in [0.29, 0.717) is 24.4 Å². The number of amides is 1. The molecule has 0 aromatic heterocycles. The van der Waals surface area contributed by atoms with Crippen molar-refractivity contribution in [3.63, 3.8) is 0 Å². The van der Waals surface area contributed by atoms with Crippen LogP contribution in [0.15, 0.2) is 18.2 Å². The average molecular weight is 288 g/mol. The Bertz CT molecular complexity index is 561. The molecule has 4 N–H and O–H groups in total. The van der Waals surface area contributed by atoms with Gasteiger partial charge >= 0.3 is 0 Å². The highest BCUT2D eigenvalue weighted by molar-refractivity contribution is 5.82. The summed E-state index contributed by atoms with van der Waals surface area (Å²) in [6, 6.07) is 3.72. The van der Waals surface area contributed by atoms with E-state index in [1.807, 2.05) is 0 Å². The maximum atomic E-state index is 12.3. The van der Waals surface area contributed by atoms with Gasteiger partial charge in [-0.2, -0.15) is 0 Å². The number of hydrogen-bond donors (Lipinski definition) is 3. The summed E-state index contributed by atoms with van der Waals surface area (Å²) >= 11 is 0. The van der Waals surface area contributed by atoms with Crippen molar-refractivity contribution in [3.05, 3.63) is 23.8 Å². The van der Waals surface area contributed by atoms with E-state index < -0.39 is 6.04 Å². The molecule has 0 saturated heterocycles. The van der Waals surface area contributed by atoms with E-state index in [4.69, 9.17) is 12.2 Å². The summed E-state index contributed by atoms with van der Waals surface area (Å²) in [4.78, 5) is 14.0. The lowest BCUT2D eigenvalue weighted by molar-refractivity contribution is -0.132. The molecular weight excluding hydrogens is 268 g/mol. The lowest BCUT2D eigenvalue weighted by Crippen LogP contribution is -2.45. The van der Waals surface area contributed by atoms with Gasteiger partial charge in [-0.1, -0.05) is 12.0 Å². The fourth-order valence-electron chi connectivity index (χ4n) is 2.23. The first-order chi connectivity index (χ1) is 10.0. The van der Waals surface area contributed by atoms with E-state index in [1.54, 1.807) is 11.0 Å². The zero-order chi connectivity index (χ0) is 15.4. The van der Waals surface area contributed by atoms with Crippen molar-refractivity contribution < 1.29 is 15.0 Å². The third kappa shape index (κ3) is 4.14. The van der Waals surface area contributed by atoms with Crippen LogP contribution in [0.2, 0.25) is 0 Å². The van der Waals surface area contributed by atoms with Crippen molar-refractivity contribution in [2.45, 2.75) is 25.3 Å². The second-order valence-electron chi connectivity index (χ2n) is 5.50. The first kappa shape index (κ1) is 15.2. The predicted molar refractivity (Wildman–Crippen MR) is 79.6 cm³/mol. The van der Waals surface area contributed by atoms with Crippen molar-refractivity contribution in [2.75, 3.05) is 13.1 Å². The molecule has 1 amide bonds. The standard InChI is InChI=1S/C16H20N2O3/c1-2-7-18(10-11-3-4-11)16(21)13(17)8-12-5-6-14(19)15(20)9-12/h1,5-6,9,11,13,19-20H,3-4,7-8,10,17H2/t13-/m0/s1. The quantitative estimate of drug-likeness (QED) is 0.535. The van der Waals surface area contributed by atoms with Crippen LogP contribution in [-0.4, -0.2) is 40.2 Å². The number of terminal acetylenes is 1. The van der Waals surface area contributed by atoms with Gasteiger partial charge in [0.1, 0.15) is 0 Å². The monoisotopic (exact) mass is 288 g/mol. The van der Waals surface area contributed by atoms with Crippen LogP contribution in [0.3, 0.4) is 0 Å². The van der Waals surface area contributed by atoms with Crippen LogP contribution in [0.1, 0.15) is 18.4 Å². The number of rotatable bonds is 6. The van der Waals surface area contributed by atoms with E-state index in [2.05, 4.69) is 5.92 Å². The summed E-state index contributed by atoms with van der Waals surface area (Å²) in [5.74, 6) is 2.46. The fraction of sp³-hybridized carbons (Fsp3) is 0.438. The molecule has 1 saturated carbocycles. The molecule has 0 heterocycles. The van der Waals surface area contributed by atoms with Crippen LogP contribution in [0, 0.1) is 18.3 Å². The van der Waals surface area contributed by atoms with Crippen molar-refractivity contribution in [1.82, 2.24) is 4.90 Å². The zero-order valence-electron chi connectivity index (χ0n) is 11.8. The van der Waals surface area contributed by atoms with E-state index in [1.165, 1.54) is 12.1 Å². The molecule has 0 unspecified atom stereocenters. The molecule has 0 spiro atoms. The minimum Gasteiger partial charge on any atom is -0.504 e. The van der Waals surface area contributed by atoms with Crippen molar-refractivity contribution >= 4 is 5.91 Å². The van der Waals surface area contributed by atoms with Gasteiger partial charge in [0, 0.05) is 6.54 Å². The zero-order valence-corrected chi connectivity index (χ0v) is 11.8. The summed E-state index contributed by atoms with van der Waals surface area (Å²) < 4.78 is 0. The Morgan fingerprint density at radius 1 is 1.43 bits per heavy atom. The van der Waals surface area contributed by atoms with Crippen LogP contribution in [0.4, 0.5) is 0 Å². The van der Waals surface area contributed by atoms with Gasteiger partial charge in [0.05, 0.1) is 12.6 Å². The third-order valence-corrected chi connectivity index (χ3v) is 3.58. The van der Waals surface area contributed by atoms with Crippen molar-refractivity contribution in [3.8, 4) is 23.8 Å². The van der Waals surface area contributed by atoms with Crippen LogP contribution in [-0.2, 0) is 11.2 Å². The maximum absolute atomic E-state index is 12.3. The minimum atomic E-state index is -0.707. The maximum Gasteiger partial charge on any atom is 0.240 e. The summed E-state index contributed by atoms with van der Waals surface area (Å²) in [6.07, 6.45) is 7.87. The van der Waals surface area contributed by atoms with Crippen molar-refractivity contribution in [1.29, 1.82) is 0 Å². The molecule has 1 atom stereocenters. The van der Waals surface area contributed by atoms with Gasteiger partial charge in [-0.05, 0) is 42.9 Å². The predicted octanol–water partition coefficient (Wildman–Crippen LogP) is 0.839. The molecule has 5 heteroatoms. The highest BCUT2D eigenvalue weighted by atomic mass is 16.3. The average Bonchev–Trinajstić information content (AvgIpc) is 3.25. The Morgan fingerprint density at radius 3 is 2.71 bits per heavy atom. The number of phenols is 2. The molecule has 0 aliphatic heterocycles. The first-order valence-electron chi connectivity index (χ1n) is 7.00. The Hall–Kier alpha value is -2.19. The molecule has 112 valence electrons. The fourth-order valence-corrected chi connectivity index (χ4v) is 2.23. The van der Waals surface area contributed by atoms with Gasteiger partial charge in [0.2, 0.25) is 5.91 Å². The van der Waals surface area contributed by atoms with Gasteiger partial charge in [-0.3, -0.25) is 4.79 Å². The van der Waals surface area contributed by atoms with Gasteiger partial charge in [-0.25, -0.2) is 0 Å². The smallest absolute Gasteiger partial charge is 0.240 e. The number of nitrogens with zero attached hydrogens (tertiary/aromatic N) is 1. The van der Waals surface area contributed by atoms with Crippen LogP contribution >= 0.6 is 0 Å². The normalized spacial score (nSPS) is 15.2. The lowest BCUT2D eigenvalue weighted by atomic mass is 10.0. The van der Waals surface area contributed by atoms with Crippen LogP contribution in [0.5, 0.6) is 11.5 Å². The SMILES string of the molecule is C#CCN(CC1CC1)C(=O)[C@@H](N)Cc1ccc(O)c(O)c1. The Kier molecular flexibility index (Phi) is 4.71. The number of carbonyl (C=O) groups excluding carboxylic acids is 1. The topological polar surface area (TPSA) is 86.8 Å². The Labute approximate surface area is 124 Å². The lowest BCUT2D eigenvalue weighted by Gasteiger charge is -2.23.